The van der Waals surface area contributed by atoms with Crippen molar-refractivity contribution in [3.8, 4) is 11.4 Å². The Hall–Kier alpha value is -1.29. The first-order chi connectivity index (χ1) is 6.68. The van der Waals surface area contributed by atoms with Crippen molar-refractivity contribution in [1.82, 2.24) is 15.2 Å². The van der Waals surface area contributed by atoms with E-state index in [-0.39, 0.29) is 0 Å². The molecule has 14 heavy (non-hydrogen) atoms. The van der Waals surface area contributed by atoms with E-state index in [1.165, 1.54) is 6.26 Å². The number of H-pyrrole nitrogens is 1. The highest BCUT2D eigenvalue weighted by Gasteiger charge is 2.12. The summed E-state index contributed by atoms with van der Waals surface area (Å²) in [4.78, 5) is 4.30. The molecule has 5 heteroatoms. The molecule has 0 radical (unpaired) electrons. The zero-order valence-electron chi connectivity index (χ0n) is 7.91. The molecule has 2 aromatic rings. The Labute approximate surface area is 86.3 Å². The number of nitrogens with one attached hydrogen (secondary N) is 1. The summed E-state index contributed by atoms with van der Waals surface area (Å²) in [6, 6.07) is 1.75. The van der Waals surface area contributed by atoms with Crippen LogP contribution in [0.15, 0.2) is 16.7 Å². The van der Waals surface area contributed by atoms with Crippen LogP contribution in [0.25, 0.3) is 11.4 Å². The van der Waals surface area contributed by atoms with Gasteiger partial charge in [-0.1, -0.05) is 13.8 Å². The molecule has 0 aliphatic rings. The van der Waals surface area contributed by atoms with Crippen molar-refractivity contribution in [1.29, 1.82) is 0 Å². The Bertz CT molecular complexity index is 433. The van der Waals surface area contributed by atoms with Gasteiger partial charge in [0.2, 0.25) is 5.22 Å². The zero-order valence-corrected chi connectivity index (χ0v) is 8.67. The monoisotopic (exact) mass is 211 g/mol. The highest BCUT2D eigenvalue weighted by molar-refractivity contribution is 6.31. The minimum atomic E-state index is 0.319. The van der Waals surface area contributed by atoms with E-state index in [1.807, 2.05) is 13.8 Å². The summed E-state index contributed by atoms with van der Waals surface area (Å²) in [6.07, 6.45) is 1.52. The number of hydrogen-bond acceptors (Lipinski definition) is 3. The minimum Gasteiger partial charge on any atom is -0.452 e. The van der Waals surface area contributed by atoms with Gasteiger partial charge in [-0.15, -0.1) is 0 Å². The van der Waals surface area contributed by atoms with Crippen molar-refractivity contribution in [2.24, 2.45) is 0 Å². The first kappa shape index (κ1) is 9.27. The number of rotatable bonds is 2. The van der Waals surface area contributed by atoms with Gasteiger partial charge in [0, 0.05) is 5.92 Å². The van der Waals surface area contributed by atoms with Crippen molar-refractivity contribution >= 4 is 11.6 Å². The van der Waals surface area contributed by atoms with Gasteiger partial charge in [0.15, 0.2) is 5.82 Å². The number of halogens is 1. The van der Waals surface area contributed by atoms with Crippen molar-refractivity contribution in [3.05, 3.63) is 23.4 Å². The van der Waals surface area contributed by atoms with Crippen LogP contribution in [0, 0.1) is 0 Å². The van der Waals surface area contributed by atoms with E-state index in [9.17, 15) is 0 Å². The Morgan fingerprint density at radius 2 is 2.29 bits per heavy atom. The summed E-state index contributed by atoms with van der Waals surface area (Å²) in [7, 11) is 0. The molecule has 2 aromatic heterocycles. The van der Waals surface area contributed by atoms with Crippen LogP contribution in [0.4, 0.5) is 0 Å². The van der Waals surface area contributed by atoms with E-state index in [2.05, 4.69) is 15.2 Å². The predicted octanol–water partition coefficient (Wildman–Crippen LogP) is 2.84. The number of nitrogens with zero attached hydrogens (tertiary/aromatic N) is 2. The van der Waals surface area contributed by atoms with Gasteiger partial charge in [-0.2, -0.15) is 5.10 Å². The summed E-state index contributed by atoms with van der Waals surface area (Å²) < 4.78 is 4.96. The molecule has 0 saturated heterocycles. The molecular weight excluding hydrogens is 202 g/mol. The highest BCUT2D eigenvalue weighted by Crippen LogP contribution is 2.26. The maximum absolute atomic E-state index is 5.80. The fraction of sp³-hybridized carbons (Fsp3) is 0.333. The second-order valence-corrected chi connectivity index (χ2v) is 3.65. The standard InChI is InChI=1S/C9H10ClN3O/c1-5(2)8-11-9(13-12-8)6-3-4-14-7(6)10/h3-5H,1-2H3,(H,11,12,13). The predicted molar refractivity (Wildman–Crippen MR) is 53.2 cm³/mol. The fourth-order valence-corrected chi connectivity index (χ4v) is 1.31. The lowest BCUT2D eigenvalue weighted by Crippen LogP contribution is -1.89. The molecule has 0 unspecified atom stereocenters. The van der Waals surface area contributed by atoms with Crippen molar-refractivity contribution < 1.29 is 4.42 Å². The topological polar surface area (TPSA) is 54.7 Å². The van der Waals surface area contributed by atoms with Gasteiger partial charge in [0.25, 0.3) is 0 Å². The lowest BCUT2D eigenvalue weighted by molar-refractivity contribution is 0.570. The van der Waals surface area contributed by atoms with Crippen LogP contribution in [0.3, 0.4) is 0 Å². The smallest absolute Gasteiger partial charge is 0.204 e. The molecule has 2 heterocycles. The molecule has 0 atom stereocenters. The molecule has 1 N–H and O–H groups in total. The van der Waals surface area contributed by atoms with E-state index in [0.717, 1.165) is 11.4 Å². The van der Waals surface area contributed by atoms with Gasteiger partial charge in [-0.05, 0) is 17.7 Å². The maximum Gasteiger partial charge on any atom is 0.204 e. The first-order valence-corrected chi connectivity index (χ1v) is 4.72. The second-order valence-electron chi connectivity index (χ2n) is 3.31. The van der Waals surface area contributed by atoms with Crippen LogP contribution in [0.1, 0.15) is 25.6 Å². The fourth-order valence-electron chi connectivity index (χ4n) is 1.11. The van der Waals surface area contributed by atoms with E-state index >= 15 is 0 Å². The first-order valence-electron chi connectivity index (χ1n) is 4.34. The highest BCUT2D eigenvalue weighted by atomic mass is 35.5. The van der Waals surface area contributed by atoms with Crippen LogP contribution in [-0.4, -0.2) is 15.2 Å². The van der Waals surface area contributed by atoms with Crippen molar-refractivity contribution in [3.63, 3.8) is 0 Å². The molecule has 0 saturated carbocycles. The zero-order chi connectivity index (χ0) is 10.1. The summed E-state index contributed by atoms with van der Waals surface area (Å²) in [5.74, 6) is 1.74. The number of aromatic nitrogens is 3. The molecule has 0 amide bonds. The van der Waals surface area contributed by atoms with Crippen LogP contribution in [0.2, 0.25) is 5.22 Å². The Morgan fingerprint density at radius 3 is 2.79 bits per heavy atom. The molecule has 4 nitrogen and oxygen atoms in total. The van der Waals surface area contributed by atoms with Gasteiger partial charge in [-0.3, -0.25) is 5.10 Å². The lowest BCUT2D eigenvalue weighted by atomic mass is 10.2. The van der Waals surface area contributed by atoms with E-state index in [0.29, 0.717) is 17.0 Å². The molecule has 0 spiro atoms. The van der Waals surface area contributed by atoms with Gasteiger partial charge >= 0.3 is 0 Å². The normalized spacial score (nSPS) is 11.1. The van der Waals surface area contributed by atoms with Crippen molar-refractivity contribution in [2.75, 3.05) is 0 Å². The summed E-state index contributed by atoms with van der Waals surface area (Å²) in [5, 5.41) is 7.24. The van der Waals surface area contributed by atoms with Crippen LogP contribution >= 0.6 is 11.6 Å². The SMILES string of the molecule is CC(C)c1nc(-c2ccoc2Cl)n[nH]1. The van der Waals surface area contributed by atoms with Crippen LogP contribution < -0.4 is 0 Å². The molecule has 0 bridgehead atoms. The average molecular weight is 212 g/mol. The molecule has 0 aliphatic carbocycles. The Balaban J connectivity index is 2.39. The van der Waals surface area contributed by atoms with Crippen molar-refractivity contribution in [2.45, 2.75) is 19.8 Å². The van der Waals surface area contributed by atoms with Gasteiger partial charge in [0.1, 0.15) is 5.82 Å². The van der Waals surface area contributed by atoms with Gasteiger partial charge in [-0.25, -0.2) is 4.98 Å². The number of hydrogen-bond donors (Lipinski definition) is 1. The van der Waals surface area contributed by atoms with Gasteiger partial charge < -0.3 is 4.42 Å². The van der Waals surface area contributed by atoms with E-state index in [4.69, 9.17) is 16.0 Å². The molecule has 0 aromatic carbocycles. The third-order valence-electron chi connectivity index (χ3n) is 1.91. The Morgan fingerprint density at radius 1 is 1.50 bits per heavy atom. The summed E-state index contributed by atoms with van der Waals surface area (Å²) in [6.45, 7) is 4.09. The second kappa shape index (κ2) is 3.46. The third-order valence-corrected chi connectivity index (χ3v) is 2.20. The molecular formula is C9H10ClN3O. The van der Waals surface area contributed by atoms with Crippen LogP contribution in [0.5, 0.6) is 0 Å². The summed E-state index contributed by atoms with van der Waals surface area (Å²) in [5.41, 5.74) is 0.717. The summed E-state index contributed by atoms with van der Waals surface area (Å²) >= 11 is 5.80. The average Bonchev–Trinajstić information content (AvgIpc) is 2.71. The molecule has 0 aliphatic heterocycles. The molecule has 74 valence electrons. The molecule has 2 rings (SSSR count). The van der Waals surface area contributed by atoms with E-state index in [1.54, 1.807) is 6.07 Å². The quantitative estimate of drug-likeness (QED) is 0.831. The van der Waals surface area contributed by atoms with E-state index < -0.39 is 0 Å². The largest absolute Gasteiger partial charge is 0.452 e. The third kappa shape index (κ3) is 1.53. The lowest BCUT2D eigenvalue weighted by Gasteiger charge is -1.94. The molecule has 0 fully saturated rings. The van der Waals surface area contributed by atoms with Gasteiger partial charge in [0.05, 0.1) is 11.8 Å². The number of furan rings is 1. The number of aromatic amines is 1. The Kier molecular flexibility index (Phi) is 2.29. The minimum absolute atomic E-state index is 0.319. The van der Waals surface area contributed by atoms with Crippen LogP contribution in [-0.2, 0) is 0 Å². The maximum atomic E-state index is 5.80.